The number of fused-ring (bicyclic) bond motifs is 1. The fourth-order valence-corrected chi connectivity index (χ4v) is 5.64. The Morgan fingerprint density at radius 1 is 1.28 bits per heavy atom. The highest BCUT2D eigenvalue weighted by Crippen LogP contribution is 2.38. The van der Waals surface area contributed by atoms with Crippen LogP contribution in [0, 0.1) is 13.8 Å². The van der Waals surface area contributed by atoms with Gasteiger partial charge in [0.25, 0.3) is 5.56 Å². The fourth-order valence-electron chi connectivity index (χ4n) is 5.64. The van der Waals surface area contributed by atoms with Crippen LogP contribution < -0.4 is 20.5 Å². The van der Waals surface area contributed by atoms with Crippen molar-refractivity contribution in [3.05, 3.63) is 51.1 Å². The molecule has 1 atom stereocenters. The third kappa shape index (κ3) is 6.23. The summed E-state index contributed by atoms with van der Waals surface area (Å²) >= 11 is 0. The first-order chi connectivity index (χ1) is 18.4. The molecule has 1 unspecified atom stereocenters. The first-order valence-electron chi connectivity index (χ1n) is 13.1. The molecule has 0 aliphatic carbocycles. The van der Waals surface area contributed by atoms with Gasteiger partial charge in [0.05, 0.1) is 36.6 Å². The second-order valence-corrected chi connectivity index (χ2v) is 10.2. The second kappa shape index (κ2) is 11.6. The maximum absolute atomic E-state index is 12.9. The third-order valence-electron chi connectivity index (χ3n) is 7.57. The van der Waals surface area contributed by atoms with E-state index in [0.29, 0.717) is 55.0 Å². The smallest absolute Gasteiger partial charge is 0.401 e. The highest BCUT2D eigenvalue weighted by atomic mass is 19.4. The molecule has 0 amide bonds. The molecule has 2 aromatic heterocycles. The molecule has 0 bridgehead atoms. The number of pyridine rings is 1. The van der Waals surface area contributed by atoms with Gasteiger partial charge in [-0.25, -0.2) is 0 Å². The Morgan fingerprint density at radius 2 is 1.97 bits per heavy atom. The van der Waals surface area contributed by atoms with Crippen LogP contribution in [-0.4, -0.2) is 70.3 Å². The van der Waals surface area contributed by atoms with Gasteiger partial charge in [-0.2, -0.15) is 18.3 Å². The van der Waals surface area contributed by atoms with Gasteiger partial charge < -0.3 is 19.7 Å². The molecule has 1 aliphatic rings. The molecule has 3 N–H and O–H groups in total. The van der Waals surface area contributed by atoms with Gasteiger partial charge in [0.1, 0.15) is 12.0 Å². The van der Waals surface area contributed by atoms with Crippen molar-refractivity contribution in [2.75, 3.05) is 38.2 Å². The Hall–Kier alpha value is -3.09. The lowest BCUT2D eigenvalue weighted by molar-refractivity contribution is -0.147. The van der Waals surface area contributed by atoms with E-state index in [1.54, 1.807) is 23.9 Å². The van der Waals surface area contributed by atoms with E-state index >= 15 is 0 Å². The number of hydrogen-bond donors (Lipinski definition) is 3. The van der Waals surface area contributed by atoms with Gasteiger partial charge in [0.2, 0.25) is 0 Å². The maximum Gasteiger partial charge on any atom is 0.401 e. The van der Waals surface area contributed by atoms with E-state index in [1.165, 1.54) is 12.0 Å². The number of piperidine rings is 1. The van der Waals surface area contributed by atoms with Gasteiger partial charge in [-0.3, -0.25) is 19.7 Å². The van der Waals surface area contributed by atoms with Gasteiger partial charge in [-0.05, 0) is 51.3 Å². The maximum atomic E-state index is 12.9. The number of nitrogens with zero attached hydrogens (tertiary/aromatic N) is 4. The summed E-state index contributed by atoms with van der Waals surface area (Å²) in [5.41, 5.74) is 3.98. The molecular weight excluding hydrogens is 513 g/mol. The molecule has 1 aromatic carbocycles. The van der Waals surface area contributed by atoms with E-state index in [9.17, 15) is 23.1 Å². The number of rotatable bonds is 9. The van der Waals surface area contributed by atoms with Gasteiger partial charge >= 0.3 is 6.18 Å². The number of likely N-dealkylation sites (tertiary alicyclic amines) is 1. The molecule has 12 heteroatoms. The van der Waals surface area contributed by atoms with E-state index < -0.39 is 18.9 Å². The van der Waals surface area contributed by atoms with Gasteiger partial charge in [-0.1, -0.05) is 0 Å². The number of methoxy groups -OCH3 is 1. The number of alkyl halides is 3. The number of ether oxygens (including phenoxy) is 1. The minimum atomic E-state index is -4.21. The summed E-state index contributed by atoms with van der Waals surface area (Å²) in [5, 5.41) is 19.7. The van der Waals surface area contributed by atoms with Crippen LogP contribution in [-0.2, 0) is 13.6 Å². The van der Waals surface area contributed by atoms with Crippen molar-refractivity contribution in [2.24, 2.45) is 7.05 Å². The van der Waals surface area contributed by atoms with E-state index in [4.69, 9.17) is 4.74 Å². The third-order valence-corrected chi connectivity index (χ3v) is 7.57. The molecule has 0 radical (unpaired) electrons. The van der Waals surface area contributed by atoms with Crippen LogP contribution in [0.15, 0.2) is 23.1 Å². The molecule has 1 fully saturated rings. The zero-order valence-electron chi connectivity index (χ0n) is 23.0. The van der Waals surface area contributed by atoms with Crippen LogP contribution in [0.2, 0.25) is 0 Å². The molecule has 9 nitrogen and oxygen atoms in total. The summed E-state index contributed by atoms with van der Waals surface area (Å²) in [6, 6.07) is 3.67. The van der Waals surface area contributed by atoms with Gasteiger partial charge in [0, 0.05) is 55.9 Å². The van der Waals surface area contributed by atoms with Crippen molar-refractivity contribution >= 4 is 16.6 Å². The number of anilines is 1. The summed E-state index contributed by atoms with van der Waals surface area (Å²) in [5.74, 6) is 0.435. The normalized spacial score (nSPS) is 16.1. The quantitative estimate of drug-likeness (QED) is 0.351. The minimum Gasteiger partial charge on any atom is -0.496 e. The summed E-state index contributed by atoms with van der Waals surface area (Å²) in [7, 11) is 3.32. The van der Waals surface area contributed by atoms with Crippen LogP contribution in [0.1, 0.15) is 48.4 Å². The highest BCUT2D eigenvalue weighted by Gasteiger charge is 2.34. The Bertz CT molecular complexity index is 1360. The zero-order chi connectivity index (χ0) is 28.5. The summed E-state index contributed by atoms with van der Waals surface area (Å²) in [6.45, 7) is 6.30. The molecule has 3 heterocycles. The highest BCUT2D eigenvalue weighted by molar-refractivity contribution is 5.95. The monoisotopic (exact) mass is 550 g/mol. The van der Waals surface area contributed by atoms with Crippen molar-refractivity contribution in [2.45, 2.75) is 58.6 Å². The van der Waals surface area contributed by atoms with Crippen molar-refractivity contribution < 1.29 is 23.0 Å². The molecule has 0 saturated carbocycles. The lowest BCUT2D eigenvalue weighted by atomic mass is 9.96. The molecule has 214 valence electrons. The standard InChI is InChI=1S/C27H37F3N6O3/c1-6-36(18-7-9-35(10-8-18)15-27(28,29)30)24-17(3)19(12-22-20(24)14-32-34(22)4)25(37)31-13-21-23(39-5)11-16(2)33-26(21)38/h11-12,14,18,25,31,37H,6-10,13,15H2,1-5H3,(H,33,38). The molecule has 39 heavy (non-hydrogen) atoms. The van der Waals surface area contributed by atoms with Crippen molar-refractivity contribution in [1.82, 2.24) is 25.0 Å². The summed E-state index contributed by atoms with van der Waals surface area (Å²) < 4.78 is 45.8. The largest absolute Gasteiger partial charge is 0.496 e. The van der Waals surface area contributed by atoms with Crippen LogP contribution in [0.5, 0.6) is 5.75 Å². The number of aliphatic hydroxyl groups is 1. The van der Waals surface area contributed by atoms with Crippen LogP contribution in [0.4, 0.5) is 18.9 Å². The Labute approximate surface area is 225 Å². The lowest BCUT2D eigenvalue weighted by Gasteiger charge is -2.40. The van der Waals surface area contributed by atoms with E-state index in [2.05, 4.69) is 20.3 Å². The van der Waals surface area contributed by atoms with Crippen molar-refractivity contribution in [1.29, 1.82) is 0 Å². The Kier molecular flexibility index (Phi) is 8.57. The second-order valence-electron chi connectivity index (χ2n) is 10.2. The van der Waals surface area contributed by atoms with E-state index in [-0.39, 0.29) is 18.1 Å². The summed E-state index contributed by atoms with van der Waals surface area (Å²) in [6.07, 6.45) is -2.31. The average molecular weight is 551 g/mol. The number of hydrogen-bond acceptors (Lipinski definition) is 7. The van der Waals surface area contributed by atoms with Crippen molar-refractivity contribution in [3.8, 4) is 5.75 Å². The average Bonchev–Trinajstić information content (AvgIpc) is 3.24. The number of aryl methyl sites for hydroxylation is 2. The number of aromatic amines is 1. The predicted octanol–water partition coefficient (Wildman–Crippen LogP) is 3.52. The van der Waals surface area contributed by atoms with Crippen LogP contribution in [0.25, 0.3) is 10.9 Å². The van der Waals surface area contributed by atoms with Crippen LogP contribution in [0.3, 0.4) is 0 Å². The number of benzene rings is 1. The lowest BCUT2D eigenvalue weighted by Crippen LogP contribution is -2.47. The number of nitrogens with one attached hydrogen (secondary N) is 2. The molecular formula is C27H37F3N6O3. The molecule has 1 aliphatic heterocycles. The predicted molar refractivity (Wildman–Crippen MR) is 144 cm³/mol. The fraction of sp³-hybridized carbons (Fsp3) is 0.556. The first-order valence-corrected chi connectivity index (χ1v) is 13.1. The molecule has 0 spiro atoms. The van der Waals surface area contributed by atoms with Gasteiger partial charge in [0.15, 0.2) is 0 Å². The number of aliphatic hydroxyl groups excluding tert-OH is 1. The SMILES string of the molecule is CCN(c1c(C)c(C(O)NCc2c(OC)cc(C)[nH]c2=O)cc2c1cnn2C)C1CCN(CC(F)(F)F)CC1. The Balaban J connectivity index is 1.63. The van der Waals surface area contributed by atoms with E-state index in [0.717, 1.165) is 22.2 Å². The minimum absolute atomic E-state index is 0.0531. The van der Waals surface area contributed by atoms with E-state index in [1.807, 2.05) is 27.0 Å². The number of aromatic nitrogens is 3. The number of H-pyrrole nitrogens is 1. The van der Waals surface area contributed by atoms with Gasteiger partial charge in [-0.15, -0.1) is 0 Å². The number of halogens is 3. The zero-order valence-corrected chi connectivity index (χ0v) is 23.0. The molecule has 1 saturated heterocycles. The van der Waals surface area contributed by atoms with Crippen LogP contribution >= 0.6 is 0 Å². The van der Waals surface area contributed by atoms with Crippen molar-refractivity contribution in [3.63, 3.8) is 0 Å². The summed E-state index contributed by atoms with van der Waals surface area (Å²) in [4.78, 5) is 19.0. The Morgan fingerprint density at radius 3 is 2.59 bits per heavy atom. The molecule has 4 rings (SSSR count). The molecule has 3 aromatic rings. The first kappa shape index (κ1) is 28.9. The topological polar surface area (TPSA) is 98.6 Å².